The van der Waals surface area contributed by atoms with E-state index in [0.29, 0.717) is 0 Å². The molecular weight excluding hydrogens is 132 g/mol. The molecule has 56 valence electrons. The number of hydrogen-bond acceptors (Lipinski definition) is 1. The minimum atomic E-state index is 0. The van der Waals surface area contributed by atoms with Crippen molar-refractivity contribution in [3.05, 3.63) is 0 Å². The van der Waals surface area contributed by atoms with Crippen LogP contribution in [0.2, 0.25) is 0 Å². The molecule has 0 fully saturated rings. The summed E-state index contributed by atoms with van der Waals surface area (Å²) in [5.74, 6) is 0. The first-order valence-electron chi connectivity index (χ1n) is 2.44. The van der Waals surface area contributed by atoms with E-state index in [9.17, 15) is 0 Å². The van der Waals surface area contributed by atoms with Crippen molar-refractivity contribution in [2.75, 3.05) is 28.2 Å². The van der Waals surface area contributed by atoms with Crippen LogP contribution in [-0.2, 0) is 0 Å². The zero-order chi connectivity index (χ0) is 6.73. The second kappa shape index (κ2) is 4.56. The van der Waals surface area contributed by atoms with Crippen LogP contribution in [0.15, 0.2) is 0 Å². The van der Waals surface area contributed by atoms with E-state index in [-0.39, 0.29) is 7.43 Å². The average molecular weight is 148 g/mol. The van der Waals surface area contributed by atoms with Gasteiger partial charge in [0.2, 0.25) is 0 Å². The van der Waals surface area contributed by atoms with Crippen molar-refractivity contribution in [2.24, 2.45) is 0 Å². The summed E-state index contributed by atoms with van der Waals surface area (Å²) in [6.07, 6.45) is 0. The summed E-state index contributed by atoms with van der Waals surface area (Å²) < 4.78 is 0. The molecule has 0 aromatic heterocycles. The molecule has 0 aliphatic carbocycles. The quantitative estimate of drug-likeness (QED) is 0.474. The molecule has 0 saturated carbocycles. The Morgan fingerprint density at radius 2 is 1.22 bits per heavy atom. The molecule has 0 aromatic carbocycles. The fraction of sp³-hybridized carbons (Fsp3) is 0.833. The lowest BCUT2D eigenvalue weighted by molar-refractivity contribution is 0.501. The maximum Gasteiger partial charge on any atom is 0.170 e. The maximum absolute atomic E-state index is 4.95. The molecule has 0 atom stereocenters. The summed E-state index contributed by atoms with van der Waals surface area (Å²) in [4.78, 5) is 3.80. The van der Waals surface area contributed by atoms with Gasteiger partial charge in [0.25, 0.3) is 0 Å². The Labute approximate surface area is 63.4 Å². The van der Waals surface area contributed by atoms with Gasteiger partial charge in [0.1, 0.15) is 0 Å². The SMILES string of the molecule is C.CN(C)C(=S)N(C)C. The number of nitrogens with zero attached hydrogens (tertiary/aromatic N) is 2. The lowest BCUT2D eigenvalue weighted by Crippen LogP contribution is -2.32. The van der Waals surface area contributed by atoms with Gasteiger partial charge in [0.15, 0.2) is 5.11 Å². The number of hydrogen-bond donors (Lipinski definition) is 0. The molecule has 0 unspecified atom stereocenters. The molecule has 0 radical (unpaired) electrons. The first-order valence-corrected chi connectivity index (χ1v) is 2.85. The molecule has 0 saturated heterocycles. The van der Waals surface area contributed by atoms with E-state index in [1.807, 2.05) is 38.0 Å². The Bertz CT molecular complexity index is 79.1. The fourth-order valence-corrected chi connectivity index (χ4v) is 0.400. The van der Waals surface area contributed by atoms with Crippen molar-refractivity contribution in [1.29, 1.82) is 0 Å². The third-order valence-electron chi connectivity index (χ3n) is 0.765. The molecule has 0 aromatic rings. The van der Waals surface area contributed by atoms with Crippen molar-refractivity contribution in [2.45, 2.75) is 7.43 Å². The van der Waals surface area contributed by atoms with E-state index in [0.717, 1.165) is 5.11 Å². The molecule has 0 aliphatic rings. The first kappa shape index (κ1) is 11.5. The van der Waals surface area contributed by atoms with Gasteiger partial charge in [-0.05, 0) is 12.2 Å². The molecule has 3 heteroatoms. The predicted octanol–water partition coefficient (Wildman–Crippen LogP) is 1.03. The van der Waals surface area contributed by atoms with Crippen molar-refractivity contribution >= 4 is 17.3 Å². The second-order valence-corrected chi connectivity index (χ2v) is 2.44. The van der Waals surface area contributed by atoms with E-state index in [4.69, 9.17) is 12.2 Å². The van der Waals surface area contributed by atoms with Crippen LogP contribution in [0.25, 0.3) is 0 Å². The Kier molecular flexibility index (Phi) is 5.81. The molecule has 0 bridgehead atoms. The van der Waals surface area contributed by atoms with Gasteiger partial charge in [0.05, 0.1) is 0 Å². The average Bonchev–Trinajstić information content (AvgIpc) is 1.64. The van der Waals surface area contributed by atoms with E-state index in [1.54, 1.807) is 0 Å². The van der Waals surface area contributed by atoms with Crippen molar-refractivity contribution < 1.29 is 0 Å². The van der Waals surface area contributed by atoms with Gasteiger partial charge in [-0.15, -0.1) is 0 Å². The van der Waals surface area contributed by atoms with Crippen LogP contribution >= 0.6 is 12.2 Å². The van der Waals surface area contributed by atoms with Gasteiger partial charge in [-0.1, -0.05) is 7.43 Å². The first-order chi connectivity index (χ1) is 3.55. The summed E-state index contributed by atoms with van der Waals surface area (Å²) >= 11 is 4.95. The van der Waals surface area contributed by atoms with E-state index in [2.05, 4.69) is 0 Å². The Balaban J connectivity index is 0. The van der Waals surface area contributed by atoms with Crippen LogP contribution in [0.3, 0.4) is 0 Å². The molecule has 0 spiro atoms. The highest BCUT2D eigenvalue weighted by molar-refractivity contribution is 7.80. The minimum absolute atomic E-state index is 0. The predicted molar refractivity (Wildman–Crippen MR) is 46.7 cm³/mol. The Morgan fingerprint density at radius 1 is 1.00 bits per heavy atom. The van der Waals surface area contributed by atoms with Crippen LogP contribution in [0.4, 0.5) is 0 Å². The van der Waals surface area contributed by atoms with E-state index >= 15 is 0 Å². The molecule has 0 heterocycles. The lowest BCUT2D eigenvalue weighted by Gasteiger charge is -2.20. The second-order valence-electron chi connectivity index (χ2n) is 2.07. The van der Waals surface area contributed by atoms with Gasteiger partial charge < -0.3 is 9.80 Å². The van der Waals surface area contributed by atoms with Crippen molar-refractivity contribution in [3.8, 4) is 0 Å². The van der Waals surface area contributed by atoms with Crippen LogP contribution in [0.5, 0.6) is 0 Å². The normalized spacial score (nSPS) is 7.56. The highest BCUT2D eigenvalue weighted by atomic mass is 32.1. The highest BCUT2D eigenvalue weighted by Crippen LogP contribution is 1.84. The fourth-order valence-electron chi connectivity index (χ4n) is 0.400. The third-order valence-corrected chi connectivity index (χ3v) is 1.50. The molecular formula is C6H16N2S. The van der Waals surface area contributed by atoms with Crippen LogP contribution < -0.4 is 0 Å². The molecule has 2 nitrogen and oxygen atoms in total. The molecule has 0 amide bonds. The smallest absolute Gasteiger partial charge is 0.170 e. The van der Waals surface area contributed by atoms with Crippen LogP contribution in [-0.4, -0.2) is 43.1 Å². The third kappa shape index (κ3) is 4.21. The van der Waals surface area contributed by atoms with Crippen molar-refractivity contribution in [3.63, 3.8) is 0 Å². The van der Waals surface area contributed by atoms with Gasteiger partial charge in [-0.3, -0.25) is 0 Å². The summed E-state index contributed by atoms with van der Waals surface area (Å²) in [5.41, 5.74) is 0. The van der Waals surface area contributed by atoms with Crippen LogP contribution in [0.1, 0.15) is 7.43 Å². The topological polar surface area (TPSA) is 6.48 Å². The highest BCUT2D eigenvalue weighted by Gasteiger charge is 1.97. The van der Waals surface area contributed by atoms with Gasteiger partial charge in [-0.2, -0.15) is 0 Å². The maximum atomic E-state index is 4.95. The van der Waals surface area contributed by atoms with Gasteiger partial charge in [0, 0.05) is 28.2 Å². The number of rotatable bonds is 0. The largest absolute Gasteiger partial charge is 0.355 e. The molecule has 0 N–H and O–H groups in total. The monoisotopic (exact) mass is 148 g/mol. The van der Waals surface area contributed by atoms with Crippen LogP contribution in [0, 0.1) is 0 Å². The van der Waals surface area contributed by atoms with Crippen molar-refractivity contribution in [1.82, 2.24) is 9.80 Å². The van der Waals surface area contributed by atoms with Gasteiger partial charge >= 0.3 is 0 Å². The summed E-state index contributed by atoms with van der Waals surface area (Å²) in [5, 5.41) is 0.852. The van der Waals surface area contributed by atoms with E-state index in [1.165, 1.54) is 0 Å². The molecule has 0 aliphatic heterocycles. The van der Waals surface area contributed by atoms with E-state index < -0.39 is 0 Å². The minimum Gasteiger partial charge on any atom is -0.355 e. The summed E-state index contributed by atoms with van der Waals surface area (Å²) in [6, 6.07) is 0. The zero-order valence-corrected chi connectivity index (χ0v) is 6.62. The zero-order valence-electron chi connectivity index (χ0n) is 5.80. The Morgan fingerprint density at radius 3 is 1.22 bits per heavy atom. The standard InChI is InChI=1S/C5H12N2S.CH4/c1-6(2)5(8)7(3)4;/h1-4H3;1H4. The number of thiocarbonyl (C=S) groups is 1. The molecule has 9 heavy (non-hydrogen) atoms. The molecule has 0 rings (SSSR count). The lowest BCUT2D eigenvalue weighted by atomic mass is 10.8. The summed E-state index contributed by atoms with van der Waals surface area (Å²) in [7, 11) is 7.73. The summed E-state index contributed by atoms with van der Waals surface area (Å²) in [6.45, 7) is 0. The Hall–Kier alpha value is -0.310. The van der Waals surface area contributed by atoms with Gasteiger partial charge in [-0.25, -0.2) is 0 Å².